The fraction of sp³-hybridized carbons (Fsp3) is 0.409. The van der Waals surface area contributed by atoms with Crippen LogP contribution in [0.2, 0.25) is 0 Å². The van der Waals surface area contributed by atoms with Gasteiger partial charge in [0.25, 0.3) is 5.91 Å². The van der Waals surface area contributed by atoms with Gasteiger partial charge in [0, 0.05) is 52.0 Å². The number of para-hydroxylation sites is 1. The van der Waals surface area contributed by atoms with E-state index in [1.54, 1.807) is 43.1 Å². The van der Waals surface area contributed by atoms with Crippen molar-refractivity contribution in [1.82, 2.24) is 4.90 Å². The number of anilines is 2. The normalized spacial score (nSPS) is 14.1. The summed E-state index contributed by atoms with van der Waals surface area (Å²) in [5, 5.41) is 0. The number of piperidine rings is 1. The van der Waals surface area contributed by atoms with Crippen molar-refractivity contribution in [3.8, 4) is 0 Å². The number of benzene rings is 2. The highest BCUT2D eigenvalue weighted by Crippen LogP contribution is 2.26. The zero-order valence-corrected chi connectivity index (χ0v) is 16.4. The van der Waals surface area contributed by atoms with E-state index in [9.17, 15) is 9.18 Å². The number of carbonyl (C=O) groups is 1. The Kier molecular flexibility index (Phi) is 5.99. The molecule has 0 aliphatic carbocycles. The Bertz CT molecular complexity index is 800. The number of carbonyl (C=O) groups excluding carboxylic acids is 1. The molecular formula is C22H28FN3O. The van der Waals surface area contributed by atoms with Crippen LogP contribution in [0, 0.1) is 5.82 Å². The second-order valence-electron chi connectivity index (χ2n) is 7.40. The van der Waals surface area contributed by atoms with Gasteiger partial charge in [-0.3, -0.25) is 4.79 Å². The van der Waals surface area contributed by atoms with Gasteiger partial charge in [-0.05, 0) is 49.1 Å². The predicted octanol–water partition coefficient (Wildman–Crippen LogP) is 4.15. The zero-order chi connectivity index (χ0) is 19.4. The molecule has 0 bridgehead atoms. The molecule has 1 amide bonds. The van der Waals surface area contributed by atoms with E-state index in [1.165, 1.54) is 31.0 Å². The van der Waals surface area contributed by atoms with Gasteiger partial charge in [0.2, 0.25) is 0 Å². The lowest BCUT2D eigenvalue weighted by Gasteiger charge is -2.31. The standard InChI is InChI=1S/C22H28FN3O/c1-24(2)21-12-11-17(15-19(21)23)22(27)25(3)16-18-9-5-6-10-20(18)26-13-7-4-8-14-26/h5-6,9-12,15H,4,7-8,13-14,16H2,1-3H3. The smallest absolute Gasteiger partial charge is 0.254 e. The van der Waals surface area contributed by atoms with Gasteiger partial charge in [0.15, 0.2) is 0 Å². The number of hydrogen-bond donors (Lipinski definition) is 0. The van der Waals surface area contributed by atoms with Gasteiger partial charge in [-0.25, -0.2) is 4.39 Å². The van der Waals surface area contributed by atoms with Crippen molar-refractivity contribution < 1.29 is 9.18 Å². The molecule has 0 spiro atoms. The van der Waals surface area contributed by atoms with Gasteiger partial charge in [-0.1, -0.05) is 18.2 Å². The summed E-state index contributed by atoms with van der Waals surface area (Å²) < 4.78 is 14.2. The van der Waals surface area contributed by atoms with E-state index >= 15 is 0 Å². The molecule has 1 heterocycles. The highest BCUT2D eigenvalue weighted by molar-refractivity contribution is 5.94. The average Bonchev–Trinajstić information content (AvgIpc) is 2.68. The summed E-state index contributed by atoms with van der Waals surface area (Å²) >= 11 is 0. The number of nitrogens with zero attached hydrogens (tertiary/aromatic N) is 3. The topological polar surface area (TPSA) is 26.8 Å². The van der Waals surface area contributed by atoms with Crippen LogP contribution in [0.15, 0.2) is 42.5 Å². The van der Waals surface area contributed by atoms with E-state index in [4.69, 9.17) is 0 Å². The van der Waals surface area contributed by atoms with E-state index in [0.717, 1.165) is 18.7 Å². The third-order valence-corrected chi connectivity index (χ3v) is 5.12. The molecule has 0 aromatic heterocycles. The van der Waals surface area contributed by atoms with Crippen LogP contribution in [0.25, 0.3) is 0 Å². The fourth-order valence-electron chi connectivity index (χ4n) is 3.64. The Hall–Kier alpha value is -2.56. The molecule has 5 heteroatoms. The molecule has 1 fully saturated rings. The minimum absolute atomic E-state index is 0.173. The van der Waals surface area contributed by atoms with Crippen molar-refractivity contribution in [2.24, 2.45) is 0 Å². The van der Waals surface area contributed by atoms with E-state index in [-0.39, 0.29) is 11.7 Å². The first-order valence-corrected chi connectivity index (χ1v) is 9.52. The summed E-state index contributed by atoms with van der Waals surface area (Å²) in [5.41, 5.74) is 3.17. The lowest BCUT2D eigenvalue weighted by atomic mass is 10.1. The molecule has 0 saturated carbocycles. The first kappa shape index (κ1) is 19.2. The molecule has 1 aliphatic rings. The maximum absolute atomic E-state index is 14.2. The number of hydrogen-bond acceptors (Lipinski definition) is 3. The molecule has 144 valence electrons. The monoisotopic (exact) mass is 369 g/mol. The average molecular weight is 369 g/mol. The van der Waals surface area contributed by atoms with Crippen molar-refractivity contribution in [2.75, 3.05) is 44.0 Å². The summed E-state index contributed by atoms with van der Waals surface area (Å²) in [6.07, 6.45) is 3.70. The second-order valence-corrected chi connectivity index (χ2v) is 7.40. The highest BCUT2D eigenvalue weighted by atomic mass is 19.1. The first-order chi connectivity index (χ1) is 13.0. The quantitative estimate of drug-likeness (QED) is 0.792. The predicted molar refractivity (Wildman–Crippen MR) is 109 cm³/mol. The molecule has 2 aromatic rings. The van der Waals surface area contributed by atoms with Crippen LogP contribution < -0.4 is 9.80 Å². The molecular weight excluding hydrogens is 341 g/mol. The third kappa shape index (κ3) is 4.41. The summed E-state index contributed by atoms with van der Waals surface area (Å²) in [6, 6.07) is 12.9. The Morgan fingerprint density at radius 3 is 2.41 bits per heavy atom. The highest BCUT2D eigenvalue weighted by Gasteiger charge is 2.18. The summed E-state index contributed by atoms with van der Waals surface area (Å²) in [6.45, 7) is 2.63. The maximum atomic E-state index is 14.2. The van der Waals surface area contributed by atoms with Gasteiger partial charge < -0.3 is 14.7 Å². The van der Waals surface area contributed by atoms with Crippen LogP contribution in [0.3, 0.4) is 0 Å². The van der Waals surface area contributed by atoms with Crippen molar-refractivity contribution in [1.29, 1.82) is 0 Å². The van der Waals surface area contributed by atoms with Gasteiger partial charge in [-0.15, -0.1) is 0 Å². The lowest BCUT2D eigenvalue weighted by molar-refractivity contribution is 0.0785. The van der Waals surface area contributed by atoms with Gasteiger partial charge in [-0.2, -0.15) is 0 Å². The molecule has 2 aromatic carbocycles. The summed E-state index contributed by atoms with van der Waals surface area (Å²) in [4.78, 5) is 18.6. The van der Waals surface area contributed by atoms with Crippen LogP contribution in [0.4, 0.5) is 15.8 Å². The molecule has 0 unspecified atom stereocenters. The van der Waals surface area contributed by atoms with Gasteiger partial charge in [0.05, 0.1) is 5.69 Å². The van der Waals surface area contributed by atoms with Crippen molar-refractivity contribution in [3.05, 3.63) is 59.4 Å². The van der Waals surface area contributed by atoms with E-state index in [0.29, 0.717) is 17.8 Å². The van der Waals surface area contributed by atoms with Crippen LogP contribution in [-0.4, -0.2) is 45.0 Å². The molecule has 0 atom stereocenters. The summed E-state index contributed by atoms with van der Waals surface area (Å²) in [7, 11) is 5.33. The molecule has 1 aliphatic heterocycles. The summed E-state index contributed by atoms with van der Waals surface area (Å²) in [5.74, 6) is -0.555. The van der Waals surface area contributed by atoms with Crippen molar-refractivity contribution >= 4 is 17.3 Å². The van der Waals surface area contributed by atoms with E-state index < -0.39 is 0 Å². The fourth-order valence-corrected chi connectivity index (χ4v) is 3.64. The molecule has 1 saturated heterocycles. The van der Waals surface area contributed by atoms with E-state index in [2.05, 4.69) is 17.0 Å². The van der Waals surface area contributed by atoms with Crippen molar-refractivity contribution in [3.63, 3.8) is 0 Å². The van der Waals surface area contributed by atoms with Crippen LogP contribution >= 0.6 is 0 Å². The third-order valence-electron chi connectivity index (χ3n) is 5.12. The Balaban J connectivity index is 1.76. The van der Waals surface area contributed by atoms with E-state index in [1.807, 2.05) is 12.1 Å². The second kappa shape index (κ2) is 8.42. The molecule has 4 nitrogen and oxygen atoms in total. The van der Waals surface area contributed by atoms with Crippen LogP contribution in [-0.2, 0) is 6.54 Å². The molecule has 27 heavy (non-hydrogen) atoms. The largest absolute Gasteiger partial charge is 0.375 e. The van der Waals surface area contributed by atoms with Crippen molar-refractivity contribution in [2.45, 2.75) is 25.8 Å². The van der Waals surface area contributed by atoms with Crippen LogP contribution in [0.5, 0.6) is 0 Å². The van der Waals surface area contributed by atoms with Gasteiger partial charge in [0.1, 0.15) is 5.82 Å². The number of amides is 1. The maximum Gasteiger partial charge on any atom is 0.254 e. The SMILES string of the molecule is CN(Cc1ccccc1N1CCCCC1)C(=O)c1ccc(N(C)C)c(F)c1. The Morgan fingerprint density at radius 1 is 1.04 bits per heavy atom. The first-order valence-electron chi connectivity index (χ1n) is 9.52. The molecule has 3 rings (SSSR count). The lowest BCUT2D eigenvalue weighted by Crippen LogP contribution is -2.32. The number of halogens is 1. The number of rotatable bonds is 5. The molecule has 0 radical (unpaired) electrons. The van der Waals surface area contributed by atoms with Gasteiger partial charge >= 0.3 is 0 Å². The minimum atomic E-state index is -0.382. The molecule has 0 N–H and O–H groups in total. The Labute approximate surface area is 161 Å². The minimum Gasteiger partial charge on any atom is -0.375 e. The zero-order valence-electron chi connectivity index (χ0n) is 16.4. The Morgan fingerprint density at radius 2 is 1.74 bits per heavy atom. The van der Waals surface area contributed by atoms with Crippen LogP contribution in [0.1, 0.15) is 35.2 Å².